The predicted molar refractivity (Wildman–Crippen MR) is 80.6 cm³/mol. The minimum absolute atomic E-state index is 0.0312. The van der Waals surface area contributed by atoms with Gasteiger partial charge in [0.25, 0.3) is 0 Å². The van der Waals surface area contributed by atoms with E-state index < -0.39 is 5.54 Å². The van der Waals surface area contributed by atoms with Crippen molar-refractivity contribution < 1.29 is 15.1 Å². The first kappa shape index (κ1) is 13.2. The van der Waals surface area contributed by atoms with Crippen LogP contribution >= 0.6 is 0 Å². The van der Waals surface area contributed by atoms with Crippen LogP contribution in [0.1, 0.15) is 30.4 Å². The molecule has 1 saturated carbocycles. The zero-order valence-electron chi connectivity index (χ0n) is 11.9. The van der Waals surface area contributed by atoms with Gasteiger partial charge in [0.1, 0.15) is 17.2 Å². The number of fused-ring (bicyclic) bond motifs is 2. The molecule has 5 nitrogen and oxygen atoms in total. The Morgan fingerprint density at radius 3 is 2.45 bits per heavy atom. The molecule has 0 atom stereocenters. The van der Waals surface area contributed by atoms with E-state index in [0.717, 1.165) is 29.9 Å². The van der Waals surface area contributed by atoms with Crippen molar-refractivity contribution in [3.63, 3.8) is 0 Å². The summed E-state index contributed by atoms with van der Waals surface area (Å²) in [5.74, 6) is 1.12. The Hall–Kier alpha value is -2.53. The number of ether oxygens (including phenoxy) is 1. The quantitative estimate of drug-likeness (QED) is 0.791. The highest BCUT2D eigenvalue weighted by atomic mass is 16.5. The number of phenolic OH excluding ortho intramolecular Hbond substituents is 1. The smallest absolute Gasteiger partial charge is 0.157 e. The van der Waals surface area contributed by atoms with Crippen LogP contribution in [-0.4, -0.2) is 21.2 Å². The van der Waals surface area contributed by atoms with Gasteiger partial charge in [-0.05, 0) is 43.0 Å². The highest BCUT2D eigenvalue weighted by molar-refractivity contribution is 6.03. The second kappa shape index (κ2) is 4.48. The molecule has 0 bridgehead atoms. The van der Waals surface area contributed by atoms with Crippen LogP contribution in [0.2, 0.25) is 0 Å². The number of amidine groups is 1. The van der Waals surface area contributed by atoms with Crippen molar-refractivity contribution >= 4 is 5.84 Å². The lowest BCUT2D eigenvalue weighted by atomic mass is 9.72. The second-order valence-electron chi connectivity index (χ2n) is 5.83. The number of hydrogen-bond acceptors (Lipinski definition) is 4. The largest absolute Gasteiger partial charge is 0.507 e. The minimum atomic E-state index is -0.569. The maximum atomic E-state index is 10.3. The fourth-order valence-electron chi connectivity index (χ4n) is 3.33. The van der Waals surface area contributed by atoms with Gasteiger partial charge in [0.15, 0.2) is 5.84 Å². The molecule has 22 heavy (non-hydrogen) atoms. The molecule has 112 valence electrons. The van der Waals surface area contributed by atoms with E-state index >= 15 is 0 Å². The van der Waals surface area contributed by atoms with Crippen molar-refractivity contribution in [1.29, 1.82) is 5.41 Å². The number of para-hydroxylation sites is 1. The third-order valence-corrected chi connectivity index (χ3v) is 4.61. The fourth-order valence-corrected chi connectivity index (χ4v) is 3.33. The molecule has 1 heterocycles. The molecular weight excluding hydrogens is 280 g/mol. The summed E-state index contributed by atoms with van der Waals surface area (Å²) in [4.78, 5) is 0. The van der Waals surface area contributed by atoms with Crippen LogP contribution in [0, 0.1) is 5.41 Å². The first-order chi connectivity index (χ1) is 10.6. The third kappa shape index (κ3) is 1.66. The molecule has 0 radical (unpaired) electrons. The zero-order valence-corrected chi connectivity index (χ0v) is 11.9. The number of phenols is 1. The Morgan fingerprint density at radius 2 is 1.82 bits per heavy atom. The first-order valence-corrected chi connectivity index (χ1v) is 7.30. The zero-order chi connectivity index (χ0) is 15.3. The molecule has 4 rings (SSSR count). The average Bonchev–Trinajstić information content (AvgIpc) is 2.68. The molecule has 1 aliphatic carbocycles. The van der Waals surface area contributed by atoms with Crippen LogP contribution in [0.25, 0.3) is 0 Å². The van der Waals surface area contributed by atoms with E-state index in [1.54, 1.807) is 0 Å². The van der Waals surface area contributed by atoms with Crippen LogP contribution in [0.5, 0.6) is 17.2 Å². The van der Waals surface area contributed by atoms with Crippen molar-refractivity contribution in [2.45, 2.75) is 24.8 Å². The molecule has 0 aromatic heterocycles. The SMILES string of the molecule is N=C1c2c(O)cc(Oc3ccccc3)cc2C2(CCC2)N1O. The van der Waals surface area contributed by atoms with Gasteiger partial charge in [0, 0.05) is 6.07 Å². The summed E-state index contributed by atoms with van der Waals surface area (Å²) in [5.41, 5.74) is 0.611. The monoisotopic (exact) mass is 296 g/mol. The van der Waals surface area contributed by atoms with Crippen LogP contribution in [0.15, 0.2) is 42.5 Å². The molecule has 2 aliphatic rings. The topological polar surface area (TPSA) is 76.8 Å². The van der Waals surface area contributed by atoms with E-state index in [1.165, 1.54) is 6.07 Å². The van der Waals surface area contributed by atoms with Gasteiger partial charge in [-0.15, -0.1) is 0 Å². The van der Waals surface area contributed by atoms with Gasteiger partial charge < -0.3 is 9.84 Å². The second-order valence-corrected chi connectivity index (χ2v) is 5.83. The lowest BCUT2D eigenvalue weighted by molar-refractivity contribution is -0.138. The molecule has 0 saturated heterocycles. The van der Waals surface area contributed by atoms with E-state index in [4.69, 9.17) is 10.1 Å². The molecule has 1 spiro atoms. The Morgan fingerprint density at radius 1 is 1.09 bits per heavy atom. The molecule has 0 amide bonds. The Balaban J connectivity index is 1.79. The lowest BCUT2D eigenvalue weighted by Gasteiger charge is -2.43. The maximum Gasteiger partial charge on any atom is 0.157 e. The number of aromatic hydroxyl groups is 1. The summed E-state index contributed by atoms with van der Waals surface area (Å²) in [5, 5.41) is 29.6. The highest BCUT2D eigenvalue weighted by Gasteiger charge is 2.53. The van der Waals surface area contributed by atoms with E-state index in [1.807, 2.05) is 36.4 Å². The van der Waals surface area contributed by atoms with E-state index in [0.29, 0.717) is 17.1 Å². The normalized spacial score (nSPS) is 18.2. The van der Waals surface area contributed by atoms with Crippen LogP contribution in [-0.2, 0) is 5.54 Å². The average molecular weight is 296 g/mol. The van der Waals surface area contributed by atoms with Crippen LogP contribution in [0.3, 0.4) is 0 Å². The summed E-state index contributed by atoms with van der Waals surface area (Å²) >= 11 is 0. The number of nitrogens with zero attached hydrogens (tertiary/aromatic N) is 1. The van der Waals surface area contributed by atoms with Crippen molar-refractivity contribution in [2.24, 2.45) is 0 Å². The van der Waals surface area contributed by atoms with Crippen LogP contribution < -0.4 is 4.74 Å². The Kier molecular flexibility index (Phi) is 2.68. The van der Waals surface area contributed by atoms with Gasteiger partial charge in [-0.1, -0.05) is 18.2 Å². The van der Waals surface area contributed by atoms with Crippen molar-refractivity contribution in [1.82, 2.24) is 5.06 Å². The number of hydrogen-bond donors (Lipinski definition) is 3. The summed E-state index contributed by atoms with van der Waals surface area (Å²) in [7, 11) is 0. The Labute approximate surface area is 127 Å². The molecule has 5 heteroatoms. The standard InChI is InChI=1S/C17H16N2O3/c18-16-15-13(17(19(16)21)7-4-8-17)9-12(10-14(15)20)22-11-5-2-1-3-6-11/h1-3,5-6,9-10,18,20-21H,4,7-8H2. The Bertz CT molecular complexity index is 754. The van der Waals surface area contributed by atoms with Gasteiger partial charge >= 0.3 is 0 Å². The number of nitrogens with one attached hydrogen (secondary N) is 1. The van der Waals surface area contributed by atoms with E-state index in [9.17, 15) is 10.3 Å². The fraction of sp³-hybridized carbons (Fsp3) is 0.235. The first-order valence-electron chi connectivity index (χ1n) is 7.30. The van der Waals surface area contributed by atoms with Gasteiger partial charge in [-0.25, -0.2) is 5.06 Å². The molecule has 1 aliphatic heterocycles. The molecule has 3 N–H and O–H groups in total. The van der Waals surface area contributed by atoms with Gasteiger partial charge in [0.2, 0.25) is 0 Å². The maximum absolute atomic E-state index is 10.3. The van der Waals surface area contributed by atoms with Crippen molar-refractivity contribution in [2.75, 3.05) is 0 Å². The van der Waals surface area contributed by atoms with E-state index in [-0.39, 0.29) is 11.6 Å². The predicted octanol–water partition coefficient (Wildman–Crippen LogP) is 3.59. The minimum Gasteiger partial charge on any atom is -0.507 e. The summed E-state index contributed by atoms with van der Waals surface area (Å²) in [6.07, 6.45) is 2.54. The third-order valence-electron chi connectivity index (χ3n) is 4.61. The summed E-state index contributed by atoms with van der Waals surface area (Å²) in [6, 6.07) is 12.6. The van der Waals surface area contributed by atoms with Gasteiger partial charge in [-0.2, -0.15) is 0 Å². The van der Waals surface area contributed by atoms with Crippen LogP contribution in [0.4, 0.5) is 0 Å². The summed E-state index contributed by atoms with van der Waals surface area (Å²) < 4.78 is 5.79. The molecule has 2 aromatic carbocycles. The molecule has 0 unspecified atom stereocenters. The van der Waals surface area contributed by atoms with Gasteiger partial charge in [0.05, 0.1) is 11.1 Å². The number of benzene rings is 2. The highest BCUT2D eigenvalue weighted by Crippen LogP contribution is 2.54. The van der Waals surface area contributed by atoms with Crippen molar-refractivity contribution in [3.05, 3.63) is 53.6 Å². The van der Waals surface area contributed by atoms with E-state index in [2.05, 4.69) is 0 Å². The number of rotatable bonds is 2. The summed E-state index contributed by atoms with van der Waals surface area (Å²) in [6.45, 7) is 0. The molecular formula is C17H16N2O3. The lowest BCUT2D eigenvalue weighted by Crippen LogP contribution is -2.46. The van der Waals surface area contributed by atoms with Crippen molar-refractivity contribution in [3.8, 4) is 17.2 Å². The van der Waals surface area contributed by atoms with Gasteiger partial charge in [-0.3, -0.25) is 10.6 Å². The number of hydroxylamine groups is 2. The molecule has 2 aromatic rings. The molecule has 1 fully saturated rings.